The van der Waals surface area contributed by atoms with Crippen molar-refractivity contribution in [3.05, 3.63) is 57.2 Å². The summed E-state index contributed by atoms with van der Waals surface area (Å²) in [5.74, 6) is -0.0234. The van der Waals surface area contributed by atoms with Crippen molar-refractivity contribution in [1.82, 2.24) is 5.32 Å². The maximum atomic E-state index is 13.5. The molecule has 0 bridgehead atoms. The molecule has 1 atom stereocenters. The fraction of sp³-hybridized carbons (Fsp3) is 0.267. The lowest BCUT2D eigenvalue weighted by Gasteiger charge is -2.15. The van der Waals surface area contributed by atoms with E-state index in [1.165, 1.54) is 12.1 Å². The Bertz CT molecular complexity index is 670. The second-order valence-electron chi connectivity index (χ2n) is 4.60. The van der Waals surface area contributed by atoms with Gasteiger partial charge in [-0.2, -0.15) is 0 Å². The van der Waals surface area contributed by atoms with E-state index in [4.69, 9.17) is 27.6 Å². The first-order valence-electron chi connectivity index (χ1n) is 6.46. The smallest absolute Gasteiger partial charge is 0.287 e. The van der Waals surface area contributed by atoms with E-state index in [1.807, 2.05) is 6.92 Å². The molecule has 1 aromatic carbocycles. The van der Waals surface area contributed by atoms with Crippen molar-refractivity contribution in [3.63, 3.8) is 0 Å². The zero-order valence-electron chi connectivity index (χ0n) is 11.5. The molecular formula is C15H14Cl2FNO2. The monoisotopic (exact) mass is 329 g/mol. The molecule has 112 valence electrons. The van der Waals surface area contributed by atoms with Crippen LogP contribution >= 0.6 is 23.2 Å². The van der Waals surface area contributed by atoms with Crippen molar-refractivity contribution >= 4 is 29.1 Å². The third kappa shape index (κ3) is 3.57. The molecule has 1 aromatic heterocycles. The summed E-state index contributed by atoms with van der Waals surface area (Å²) < 4.78 is 18.9. The van der Waals surface area contributed by atoms with Crippen LogP contribution in [0.3, 0.4) is 0 Å². The minimum atomic E-state index is -0.580. The van der Waals surface area contributed by atoms with Crippen LogP contribution < -0.4 is 5.32 Å². The van der Waals surface area contributed by atoms with Crippen molar-refractivity contribution in [1.29, 1.82) is 0 Å². The van der Waals surface area contributed by atoms with E-state index in [0.29, 0.717) is 17.0 Å². The summed E-state index contributed by atoms with van der Waals surface area (Å²) in [5, 5.41) is 2.95. The predicted octanol–water partition coefficient (Wildman–Crippen LogP) is 4.78. The lowest BCUT2D eigenvalue weighted by atomic mass is 10.1. The predicted molar refractivity (Wildman–Crippen MR) is 80.4 cm³/mol. The van der Waals surface area contributed by atoms with Crippen LogP contribution in [-0.2, 0) is 6.42 Å². The van der Waals surface area contributed by atoms with Crippen LogP contribution in [0.15, 0.2) is 28.7 Å². The Balaban J connectivity index is 2.15. The second-order valence-corrected chi connectivity index (χ2v) is 5.42. The first-order valence-corrected chi connectivity index (χ1v) is 7.22. The third-order valence-corrected chi connectivity index (χ3v) is 3.70. The number of hydrogen-bond donors (Lipinski definition) is 1. The molecule has 0 fully saturated rings. The summed E-state index contributed by atoms with van der Waals surface area (Å²) >= 11 is 11.7. The molecule has 0 saturated heterocycles. The number of benzene rings is 1. The minimum Gasteiger partial charge on any atom is -0.456 e. The summed E-state index contributed by atoms with van der Waals surface area (Å²) in [6, 6.07) is 5.40. The van der Waals surface area contributed by atoms with Crippen LogP contribution in [0.5, 0.6) is 0 Å². The van der Waals surface area contributed by atoms with E-state index < -0.39 is 11.9 Å². The lowest BCUT2D eigenvalue weighted by Crippen LogP contribution is -2.26. The highest BCUT2D eigenvalue weighted by atomic mass is 35.5. The van der Waals surface area contributed by atoms with Gasteiger partial charge in [0.2, 0.25) is 0 Å². The maximum Gasteiger partial charge on any atom is 0.287 e. The summed E-state index contributed by atoms with van der Waals surface area (Å²) in [6.07, 6.45) is 0.705. The topological polar surface area (TPSA) is 42.2 Å². The summed E-state index contributed by atoms with van der Waals surface area (Å²) in [6.45, 7) is 3.63. The zero-order chi connectivity index (χ0) is 15.6. The Labute approximate surface area is 132 Å². The van der Waals surface area contributed by atoms with Crippen molar-refractivity contribution in [2.75, 3.05) is 0 Å². The van der Waals surface area contributed by atoms with Gasteiger partial charge in [-0.1, -0.05) is 30.1 Å². The van der Waals surface area contributed by atoms with Gasteiger partial charge in [-0.25, -0.2) is 4.39 Å². The van der Waals surface area contributed by atoms with Crippen molar-refractivity contribution in [2.24, 2.45) is 0 Å². The number of carbonyl (C=O) groups excluding carboxylic acids is 1. The van der Waals surface area contributed by atoms with Crippen LogP contribution in [0.2, 0.25) is 10.0 Å². The summed E-state index contributed by atoms with van der Waals surface area (Å²) in [4.78, 5) is 12.1. The number of rotatable bonds is 4. The van der Waals surface area contributed by atoms with Gasteiger partial charge in [0.1, 0.15) is 11.6 Å². The molecule has 1 N–H and O–H groups in total. The number of nitrogens with one attached hydrogen (secondary N) is 1. The molecule has 3 nitrogen and oxygen atoms in total. The molecule has 2 rings (SSSR count). The van der Waals surface area contributed by atoms with Crippen molar-refractivity contribution < 1.29 is 13.6 Å². The summed E-state index contributed by atoms with van der Waals surface area (Å²) in [5.41, 5.74) is 0.453. The number of furan rings is 1. The largest absolute Gasteiger partial charge is 0.456 e. The van der Waals surface area contributed by atoms with Crippen molar-refractivity contribution in [3.8, 4) is 0 Å². The van der Waals surface area contributed by atoms with E-state index >= 15 is 0 Å². The van der Waals surface area contributed by atoms with Gasteiger partial charge < -0.3 is 9.73 Å². The Kier molecular flexibility index (Phi) is 4.91. The average Bonchev–Trinajstić information content (AvgIpc) is 2.91. The van der Waals surface area contributed by atoms with Crippen molar-refractivity contribution in [2.45, 2.75) is 26.3 Å². The average molecular weight is 330 g/mol. The number of halogens is 3. The molecule has 0 radical (unpaired) electrons. The Morgan fingerprint density at radius 2 is 2.05 bits per heavy atom. The van der Waals surface area contributed by atoms with Crippen LogP contribution in [0, 0.1) is 5.82 Å². The highest BCUT2D eigenvalue weighted by Crippen LogP contribution is 2.28. The molecule has 0 aliphatic carbocycles. The van der Waals surface area contributed by atoms with Gasteiger partial charge >= 0.3 is 0 Å². The first-order chi connectivity index (χ1) is 9.92. The highest BCUT2D eigenvalue weighted by molar-refractivity contribution is 6.35. The van der Waals surface area contributed by atoms with Gasteiger partial charge in [-0.3, -0.25) is 4.79 Å². The number of carbonyl (C=O) groups is 1. The number of aryl methyl sites for hydroxylation is 1. The molecular weight excluding hydrogens is 316 g/mol. The van der Waals surface area contributed by atoms with Crippen LogP contribution in [-0.4, -0.2) is 5.91 Å². The first kappa shape index (κ1) is 15.9. The van der Waals surface area contributed by atoms with Gasteiger partial charge in [0, 0.05) is 11.4 Å². The third-order valence-electron chi connectivity index (χ3n) is 3.09. The SMILES string of the molecule is CCc1ccc(C(=O)NC(C)c2cc(F)c(Cl)cc2Cl)o1. The van der Waals surface area contributed by atoms with E-state index in [1.54, 1.807) is 19.1 Å². The lowest BCUT2D eigenvalue weighted by molar-refractivity contribution is 0.0910. The number of amides is 1. The molecule has 1 heterocycles. The molecule has 0 aliphatic rings. The zero-order valence-corrected chi connectivity index (χ0v) is 13.1. The van der Waals surface area contributed by atoms with E-state index in [-0.39, 0.29) is 16.7 Å². The van der Waals surface area contributed by atoms with Gasteiger partial charge in [0.15, 0.2) is 5.76 Å². The molecule has 0 saturated carbocycles. The molecule has 6 heteroatoms. The summed E-state index contributed by atoms with van der Waals surface area (Å²) in [7, 11) is 0. The van der Waals surface area contributed by atoms with Gasteiger partial charge in [-0.05, 0) is 36.8 Å². The molecule has 21 heavy (non-hydrogen) atoms. The normalized spacial score (nSPS) is 12.2. The Morgan fingerprint density at radius 1 is 1.33 bits per heavy atom. The fourth-order valence-corrected chi connectivity index (χ4v) is 2.45. The molecule has 0 spiro atoms. The van der Waals surface area contributed by atoms with Gasteiger partial charge in [0.25, 0.3) is 5.91 Å². The van der Waals surface area contributed by atoms with Crippen LogP contribution in [0.25, 0.3) is 0 Å². The van der Waals surface area contributed by atoms with Crippen LogP contribution in [0.4, 0.5) is 4.39 Å². The van der Waals surface area contributed by atoms with E-state index in [0.717, 1.165) is 5.76 Å². The second kappa shape index (κ2) is 6.50. The molecule has 1 unspecified atom stereocenters. The molecule has 2 aromatic rings. The van der Waals surface area contributed by atoms with Gasteiger partial charge in [-0.15, -0.1) is 0 Å². The highest BCUT2D eigenvalue weighted by Gasteiger charge is 2.18. The molecule has 1 amide bonds. The Hall–Kier alpha value is -1.52. The van der Waals surface area contributed by atoms with E-state index in [2.05, 4.69) is 5.32 Å². The van der Waals surface area contributed by atoms with E-state index in [9.17, 15) is 9.18 Å². The quantitative estimate of drug-likeness (QED) is 0.820. The van der Waals surface area contributed by atoms with Crippen LogP contribution in [0.1, 0.15) is 41.8 Å². The minimum absolute atomic E-state index is 0.0547. The Morgan fingerprint density at radius 3 is 2.67 bits per heavy atom. The van der Waals surface area contributed by atoms with Gasteiger partial charge in [0.05, 0.1) is 11.1 Å². The number of hydrogen-bond acceptors (Lipinski definition) is 2. The molecule has 0 aliphatic heterocycles. The maximum absolute atomic E-state index is 13.5. The standard InChI is InChI=1S/C15H14Cl2FNO2/c1-3-9-4-5-14(21-9)15(20)19-8(2)10-6-13(18)12(17)7-11(10)16/h4-8H,3H2,1-2H3,(H,19,20). The fourth-order valence-electron chi connectivity index (χ4n) is 1.91.